The molecule has 0 aromatic heterocycles. The van der Waals surface area contributed by atoms with Crippen LogP contribution >= 0.6 is 50.9 Å². The lowest BCUT2D eigenvalue weighted by atomic mass is 9.86. The van der Waals surface area contributed by atoms with Crippen molar-refractivity contribution in [2.45, 2.75) is 22.9 Å². The molecule has 1 spiro atoms. The van der Waals surface area contributed by atoms with Crippen LogP contribution in [0.2, 0.25) is 10.0 Å². The fourth-order valence-electron chi connectivity index (χ4n) is 4.74. The van der Waals surface area contributed by atoms with E-state index in [0.29, 0.717) is 27.0 Å². The predicted molar refractivity (Wildman–Crippen MR) is 126 cm³/mol. The molecule has 2 N–H and O–H groups in total. The molecule has 32 heavy (non-hydrogen) atoms. The van der Waals surface area contributed by atoms with Gasteiger partial charge in [0.1, 0.15) is 6.04 Å². The summed E-state index contributed by atoms with van der Waals surface area (Å²) in [6, 6.07) is 10.6. The lowest BCUT2D eigenvalue weighted by Gasteiger charge is -2.29. The molecule has 3 heterocycles. The number of halogens is 3. The number of carboxylic acids is 1. The second-order valence-corrected chi connectivity index (χ2v) is 11.2. The number of carbonyl (C=O) groups excluding carboxylic acids is 2. The molecule has 3 aliphatic rings. The number of aliphatic carboxylic acids is 1. The van der Waals surface area contributed by atoms with E-state index >= 15 is 0 Å². The zero-order chi connectivity index (χ0) is 22.8. The fraction of sp³-hybridized carbons (Fsp3) is 0.286. The molecule has 0 radical (unpaired) electrons. The van der Waals surface area contributed by atoms with E-state index in [4.69, 9.17) is 23.2 Å². The van der Waals surface area contributed by atoms with Crippen LogP contribution in [0.15, 0.2) is 46.9 Å². The van der Waals surface area contributed by atoms with E-state index in [2.05, 4.69) is 21.2 Å². The van der Waals surface area contributed by atoms with Gasteiger partial charge in [0.05, 0.1) is 17.1 Å². The number of nitrogens with zero attached hydrogens (tertiary/aromatic N) is 2. The van der Waals surface area contributed by atoms with E-state index in [0.717, 1.165) is 9.37 Å². The van der Waals surface area contributed by atoms with Gasteiger partial charge in [-0.1, -0.05) is 51.3 Å². The number of urea groups is 1. The van der Waals surface area contributed by atoms with E-state index in [1.165, 1.54) is 34.9 Å². The largest absolute Gasteiger partial charge is 0.480 e. The van der Waals surface area contributed by atoms with E-state index < -0.39 is 34.4 Å². The molecule has 11 heteroatoms. The van der Waals surface area contributed by atoms with Crippen LogP contribution in [0.3, 0.4) is 0 Å². The number of imide groups is 1. The Bertz CT molecular complexity index is 1150. The van der Waals surface area contributed by atoms with Crippen molar-refractivity contribution in [3.05, 3.63) is 62.5 Å². The Morgan fingerprint density at radius 3 is 2.41 bits per heavy atom. The fourth-order valence-corrected chi connectivity index (χ4v) is 6.99. The minimum absolute atomic E-state index is 0.187. The Morgan fingerprint density at radius 1 is 1.16 bits per heavy atom. The number of rotatable bonds is 3. The highest BCUT2D eigenvalue weighted by Crippen LogP contribution is 2.55. The zero-order valence-electron chi connectivity index (χ0n) is 16.3. The molecule has 0 aliphatic carbocycles. The highest BCUT2D eigenvalue weighted by atomic mass is 79.9. The summed E-state index contributed by atoms with van der Waals surface area (Å²) in [7, 11) is 0. The van der Waals surface area contributed by atoms with Crippen molar-refractivity contribution in [3.8, 4) is 0 Å². The van der Waals surface area contributed by atoms with Crippen molar-refractivity contribution in [2.75, 3.05) is 17.2 Å². The summed E-state index contributed by atoms with van der Waals surface area (Å²) >= 11 is 17.1. The van der Waals surface area contributed by atoms with Crippen molar-refractivity contribution < 1.29 is 19.5 Å². The number of fused-ring (bicyclic) bond motifs is 1. The summed E-state index contributed by atoms with van der Waals surface area (Å²) in [5.41, 5.74) is -0.319. The number of nitrogens with one attached hydrogen (secondary N) is 1. The van der Waals surface area contributed by atoms with Crippen LogP contribution in [0.4, 0.5) is 10.5 Å². The third-order valence-corrected chi connectivity index (χ3v) is 8.49. The molecule has 7 nitrogen and oxygen atoms in total. The first-order chi connectivity index (χ1) is 15.1. The van der Waals surface area contributed by atoms with Crippen molar-refractivity contribution in [1.82, 2.24) is 10.2 Å². The van der Waals surface area contributed by atoms with Gasteiger partial charge < -0.3 is 10.0 Å². The maximum Gasteiger partial charge on any atom is 0.332 e. The Labute approximate surface area is 206 Å². The number of hydrogen-bond donors (Lipinski definition) is 2. The van der Waals surface area contributed by atoms with Gasteiger partial charge in [0, 0.05) is 26.7 Å². The molecule has 2 aromatic rings. The summed E-state index contributed by atoms with van der Waals surface area (Å²) in [6.07, 6.45) is 0.242. The van der Waals surface area contributed by atoms with E-state index in [9.17, 15) is 19.5 Å². The lowest BCUT2D eigenvalue weighted by Crippen LogP contribution is -2.49. The van der Waals surface area contributed by atoms with E-state index in [1.54, 1.807) is 0 Å². The zero-order valence-corrected chi connectivity index (χ0v) is 20.3. The predicted octanol–water partition coefficient (Wildman–Crippen LogP) is 4.31. The topological polar surface area (TPSA) is 90.0 Å². The van der Waals surface area contributed by atoms with Gasteiger partial charge in [-0.05, 0) is 35.9 Å². The van der Waals surface area contributed by atoms with Gasteiger partial charge >= 0.3 is 12.0 Å². The average molecular weight is 557 g/mol. The summed E-state index contributed by atoms with van der Waals surface area (Å²) in [4.78, 5) is 41.1. The van der Waals surface area contributed by atoms with Crippen LogP contribution in [-0.2, 0) is 15.1 Å². The summed E-state index contributed by atoms with van der Waals surface area (Å²) in [5, 5.41) is 13.2. The summed E-state index contributed by atoms with van der Waals surface area (Å²) in [6.45, 7) is 0.187. The Hall–Kier alpha value is -1.78. The first-order valence-corrected chi connectivity index (χ1v) is 12.2. The quantitative estimate of drug-likeness (QED) is 0.548. The Kier molecular flexibility index (Phi) is 5.25. The molecule has 2 aromatic carbocycles. The van der Waals surface area contributed by atoms with Gasteiger partial charge in [-0.15, -0.1) is 11.8 Å². The van der Waals surface area contributed by atoms with Gasteiger partial charge in [0.2, 0.25) is 0 Å². The van der Waals surface area contributed by atoms with Crippen LogP contribution in [-0.4, -0.2) is 51.1 Å². The number of carbonyl (C=O) groups is 3. The highest BCUT2D eigenvalue weighted by Gasteiger charge is 2.68. The Balaban J connectivity index is 1.62. The third kappa shape index (κ3) is 3.25. The highest BCUT2D eigenvalue weighted by molar-refractivity contribution is 9.10. The molecule has 3 amide bonds. The molecule has 5 rings (SSSR count). The number of benzene rings is 2. The SMILES string of the molecule is O=C(O)[C@H]1CSC2(CN3C(=O)N(c4cc(Cl)cc(Cl)c4)C(=O)[C@@]3(c3ccc(Br)cc3)C2)N1. The van der Waals surface area contributed by atoms with Crippen LogP contribution < -0.4 is 10.2 Å². The standard InChI is InChI=1S/C21H16BrCl2N3O4S/c22-12-3-1-11(2-4-12)21-9-20(25-16(8-32-20)17(28)29)10-26(21)19(31)27(18(21)30)15-6-13(23)5-14(24)7-15/h1-7,16,25H,8-10H2,(H,28,29)/t16-,20?,21+/m1/s1. The van der Waals surface area contributed by atoms with Crippen molar-refractivity contribution in [3.63, 3.8) is 0 Å². The molecule has 166 valence electrons. The van der Waals surface area contributed by atoms with Gasteiger partial charge in [0.25, 0.3) is 5.91 Å². The molecule has 0 bridgehead atoms. The van der Waals surface area contributed by atoms with Crippen LogP contribution in [0.1, 0.15) is 12.0 Å². The second kappa shape index (κ2) is 7.63. The van der Waals surface area contributed by atoms with Crippen LogP contribution in [0, 0.1) is 0 Å². The number of carboxylic acid groups (broad SMARTS) is 1. The van der Waals surface area contributed by atoms with E-state index in [1.807, 2.05) is 24.3 Å². The summed E-state index contributed by atoms with van der Waals surface area (Å²) < 4.78 is 0.839. The van der Waals surface area contributed by atoms with Crippen LogP contribution in [0.5, 0.6) is 0 Å². The molecule has 3 atom stereocenters. The number of hydrogen-bond acceptors (Lipinski definition) is 5. The molecular weight excluding hydrogens is 541 g/mol. The van der Waals surface area contributed by atoms with E-state index in [-0.39, 0.29) is 13.0 Å². The first-order valence-electron chi connectivity index (χ1n) is 9.68. The molecule has 3 aliphatic heterocycles. The molecule has 3 fully saturated rings. The molecule has 3 saturated heterocycles. The number of anilines is 1. The maximum atomic E-state index is 14.0. The minimum atomic E-state index is -1.28. The van der Waals surface area contributed by atoms with Crippen molar-refractivity contribution in [1.29, 1.82) is 0 Å². The normalized spacial score (nSPS) is 29.3. The number of amides is 3. The summed E-state index contributed by atoms with van der Waals surface area (Å²) in [5.74, 6) is -1.01. The average Bonchev–Trinajstić information content (AvgIpc) is 3.35. The van der Waals surface area contributed by atoms with Gasteiger partial charge in [-0.2, -0.15) is 0 Å². The van der Waals surface area contributed by atoms with Crippen LogP contribution in [0.25, 0.3) is 0 Å². The van der Waals surface area contributed by atoms with Crippen molar-refractivity contribution in [2.24, 2.45) is 0 Å². The Morgan fingerprint density at radius 2 is 1.81 bits per heavy atom. The van der Waals surface area contributed by atoms with Gasteiger partial charge in [-0.25, -0.2) is 9.69 Å². The monoisotopic (exact) mass is 555 g/mol. The smallest absolute Gasteiger partial charge is 0.332 e. The molecule has 0 saturated carbocycles. The second-order valence-electron chi connectivity index (χ2n) is 8.02. The first kappa shape index (κ1) is 22.0. The molecular formula is C21H16BrCl2N3O4S. The third-order valence-electron chi connectivity index (χ3n) is 6.08. The lowest BCUT2D eigenvalue weighted by molar-refractivity contribution is -0.138. The minimum Gasteiger partial charge on any atom is -0.480 e. The maximum absolute atomic E-state index is 14.0. The van der Waals surface area contributed by atoms with Gasteiger partial charge in [-0.3, -0.25) is 14.9 Å². The van der Waals surface area contributed by atoms with Gasteiger partial charge in [0.15, 0.2) is 5.54 Å². The molecule has 1 unspecified atom stereocenters. The van der Waals surface area contributed by atoms with Crippen molar-refractivity contribution >= 4 is 74.5 Å². The number of thioether (sulfide) groups is 1.